The second-order valence-corrected chi connectivity index (χ2v) is 7.39. The lowest BCUT2D eigenvalue weighted by molar-refractivity contribution is 0.0803. The van der Waals surface area contributed by atoms with Crippen LogP contribution in [0.1, 0.15) is 62.6 Å². The van der Waals surface area contributed by atoms with Crippen LogP contribution in [0.3, 0.4) is 0 Å². The molecule has 1 saturated heterocycles. The van der Waals surface area contributed by atoms with Gasteiger partial charge in [-0.15, -0.1) is 0 Å². The normalized spacial score (nSPS) is 24.6. The minimum atomic E-state index is 0.409. The molecule has 1 aromatic rings. The fourth-order valence-electron chi connectivity index (χ4n) is 3.79. The Bertz CT molecular complexity index is 462. The number of piperidine rings is 1. The lowest BCUT2D eigenvalue weighted by atomic mass is 9.82. The molecule has 1 saturated carbocycles. The van der Waals surface area contributed by atoms with Gasteiger partial charge in [0.1, 0.15) is 0 Å². The molecule has 0 spiro atoms. The molecule has 1 aliphatic heterocycles. The molecule has 0 amide bonds. The maximum Gasteiger partial charge on any atom is 0.0473 e. The largest absolute Gasteiger partial charge is 0.329 e. The van der Waals surface area contributed by atoms with Gasteiger partial charge in [0.15, 0.2) is 0 Å². The molecule has 1 aromatic carbocycles. The Morgan fingerprint density at radius 1 is 1.30 bits per heavy atom. The lowest BCUT2D eigenvalue weighted by Crippen LogP contribution is -2.44. The molecular formula is C18H28N2. The third-order valence-electron chi connectivity index (χ3n) is 4.97. The second-order valence-electron chi connectivity index (χ2n) is 7.39. The predicted octanol–water partition coefficient (Wildman–Crippen LogP) is 3.69. The predicted molar refractivity (Wildman–Crippen MR) is 84.8 cm³/mol. The Labute approximate surface area is 123 Å². The second kappa shape index (κ2) is 5.50. The zero-order chi connectivity index (χ0) is 14.2. The van der Waals surface area contributed by atoms with Crippen LogP contribution in [-0.4, -0.2) is 24.5 Å². The number of benzene rings is 1. The molecule has 2 N–H and O–H groups in total. The highest BCUT2D eigenvalue weighted by atomic mass is 15.2. The van der Waals surface area contributed by atoms with Crippen molar-refractivity contribution >= 4 is 0 Å². The van der Waals surface area contributed by atoms with Gasteiger partial charge in [0, 0.05) is 19.1 Å². The summed E-state index contributed by atoms with van der Waals surface area (Å²) in [6.07, 6.45) is 5.36. The summed E-state index contributed by atoms with van der Waals surface area (Å²) in [5.74, 6) is 0.804. The topological polar surface area (TPSA) is 29.3 Å². The van der Waals surface area contributed by atoms with E-state index in [1.807, 2.05) is 0 Å². The van der Waals surface area contributed by atoms with Crippen LogP contribution in [0.5, 0.6) is 0 Å². The van der Waals surface area contributed by atoms with Crippen LogP contribution in [0.15, 0.2) is 24.3 Å². The third-order valence-corrected chi connectivity index (χ3v) is 4.97. The van der Waals surface area contributed by atoms with E-state index < -0.39 is 0 Å². The number of likely N-dealkylation sites (tertiary alicyclic amines) is 1. The highest BCUT2D eigenvalue weighted by Gasteiger charge is 2.33. The highest BCUT2D eigenvalue weighted by molar-refractivity contribution is 5.36. The van der Waals surface area contributed by atoms with Gasteiger partial charge in [-0.05, 0) is 54.7 Å². The van der Waals surface area contributed by atoms with Crippen molar-refractivity contribution in [1.29, 1.82) is 0 Å². The fraction of sp³-hybridized carbons (Fsp3) is 0.667. The first-order valence-electron chi connectivity index (χ1n) is 8.14. The zero-order valence-electron chi connectivity index (χ0n) is 12.9. The fourth-order valence-corrected chi connectivity index (χ4v) is 3.79. The van der Waals surface area contributed by atoms with Crippen LogP contribution in [0.4, 0.5) is 0 Å². The van der Waals surface area contributed by atoms with E-state index in [-0.39, 0.29) is 0 Å². The number of hydrogen-bond acceptors (Lipinski definition) is 2. The van der Waals surface area contributed by atoms with Crippen molar-refractivity contribution in [2.45, 2.75) is 51.5 Å². The molecule has 0 bridgehead atoms. The van der Waals surface area contributed by atoms with Crippen LogP contribution in [0, 0.1) is 5.41 Å². The Balaban J connectivity index is 1.86. The Hall–Kier alpha value is -0.860. The van der Waals surface area contributed by atoms with Gasteiger partial charge in [-0.25, -0.2) is 0 Å². The summed E-state index contributed by atoms with van der Waals surface area (Å²) in [6.45, 7) is 7.89. The van der Waals surface area contributed by atoms with Gasteiger partial charge in [-0.2, -0.15) is 0 Å². The van der Waals surface area contributed by atoms with Crippen LogP contribution >= 0.6 is 0 Å². The van der Waals surface area contributed by atoms with Crippen molar-refractivity contribution in [3.8, 4) is 0 Å². The summed E-state index contributed by atoms with van der Waals surface area (Å²) in [6, 6.07) is 9.41. The molecule has 3 rings (SSSR count). The number of nitrogens with two attached hydrogens (primary N) is 1. The van der Waals surface area contributed by atoms with Crippen molar-refractivity contribution < 1.29 is 0 Å². The van der Waals surface area contributed by atoms with E-state index in [2.05, 4.69) is 43.0 Å². The van der Waals surface area contributed by atoms with E-state index >= 15 is 0 Å². The first-order valence-corrected chi connectivity index (χ1v) is 8.14. The number of nitrogens with zero attached hydrogens (tertiary/aromatic N) is 1. The Morgan fingerprint density at radius 2 is 2.05 bits per heavy atom. The van der Waals surface area contributed by atoms with Gasteiger partial charge >= 0.3 is 0 Å². The molecule has 0 aromatic heterocycles. The summed E-state index contributed by atoms with van der Waals surface area (Å²) < 4.78 is 0. The Kier molecular flexibility index (Phi) is 3.87. The molecule has 2 nitrogen and oxygen atoms in total. The molecule has 0 radical (unpaired) electrons. The maximum atomic E-state index is 6.17. The number of rotatable bonds is 4. The first-order chi connectivity index (χ1) is 9.61. The highest BCUT2D eigenvalue weighted by Crippen LogP contribution is 2.44. The average molecular weight is 272 g/mol. The molecule has 2 heteroatoms. The van der Waals surface area contributed by atoms with Gasteiger partial charge in [0.05, 0.1) is 0 Å². The molecule has 110 valence electrons. The van der Waals surface area contributed by atoms with Gasteiger partial charge in [-0.3, -0.25) is 4.90 Å². The standard InChI is InChI=1S/C18H28N2/c1-18(2)10-5-11-20(13-18)17(12-19)16-7-4-3-6-15(16)14-8-9-14/h3-4,6-7,14,17H,5,8-13,19H2,1-2H3. The van der Waals surface area contributed by atoms with E-state index in [0.29, 0.717) is 11.5 Å². The molecule has 2 aliphatic rings. The molecule has 1 heterocycles. The maximum absolute atomic E-state index is 6.17. The van der Waals surface area contributed by atoms with E-state index in [9.17, 15) is 0 Å². The summed E-state index contributed by atoms with van der Waals surface area (Å²) in [5.41, 5.74) is 9.66. The Morgan fingerprint density at radius 3 is 2.70 bits per heavy atom. The lowest BCUT2D eigenvalue weighted by Gasteiger charge is -2.42. The summed E-state index contributed by atoms with van der Waals surface area (Å²) in [7, 11) is 0. The quantitative estimate of drug-likeness (QED) is 0.906. The monoisotopic (exact) mass is 272 g/mol. The number of hydrogen-bond donors (Lipinski definition) is 1. The van der Waals surface area contributed by atoms with Crippen LogP contribution < -0.4 is 5.73 Å². The zero-order valence-corrected chi connectivity index (χ0v) is 12.9. The molecule has 1 atom stereocenters. The first kappa shape index (κ1) is 14.1. The smallest absolute Gasteiger partial charge is 0.0473 e. The van der Waals surface area contributed by atoms with Crippen molar-refractivity contribution in [1.82, 2.24) is 4.90 Å². The van der Waals surface area contributed by atoms with Crippen molar-refractivity contribution in [3.63, 3.8) is 0 Å². The van der Waals surface area contributed by atoms with Crippen molar-refractivity contribution in [2.75, 3.05) is 19.6 Å². The van der Waals surface area contributed by atoms with E-state index in [1.165, 1.54) is 44.3 Å². The van der Waals surface area contributed by atoms with Crippen molar-refractivity contribution in [3.05, 3.63) is 35.4 Å². The summed E-state index contributed by atoms with van der Waals surface area (Å²) in [5, 5.41) is 0. The summed E-state index contributed by atoms with van der Waals surface area (Å²) in [4.78, 5) is 2.63. The van der Waals surface area contributed by atoms with Gasteiger partial charge in [0.2, 0.25) is 0 Å². The molecule has 20 heavy (non-hydrogen) atoms. The van der Waals surface area contributed by atoms with Gasteiger partial charge < -0.3 is 5.73 Å². The van der Waals surface area contributed by atoms with Crippen LogP contribution in [-0.2, 0) is 0 Å². The minimum absolute atomic E-state index is 0.409. The minimum Gasteiger partial charge on any atom is -0.329 e. The third kappa shape index (κ3) is 2.91. The molecule has 1 unspecified atom stereocenters. The van der Waals surface area contributed by atoms with Crippen LogP contribution in [0.2, 0.25) is 0 Å². The molecule has 1 aliphatic carbocycles. The molecule has 2 fully saturated rings. The van der Waals surface area contributed by atoms with E-state index in [1.54, 1.807) is 5.56 Å². The molecular weight excluding hydrogens is 244 g/mol. The SMILES string of the molecule is CC1(C)CCCN(C(CN)c2ccccc2C2CC2)C1. The average Bonchev–Trinajstić information content (AvgIpc) is 3.23. The van der Waals surface area contributed by atoms with E-state index in [0.717, 1.165) is 12.5 Å². The van der Waals surface area contributed by atoms with E-state index in [4.69, 9.17) is 5.73 Å². The van der Waals surface area contributed by atoms with Gasteiger partial charge in [-0.1, -0.05) is 38.1 Å². The van der Waals surface area contributed by atoms with Gasteiger partial charge in [0.25, 0.3) is 0 Å². The van der Waals surface area contributed by atoms with Crippen LogP contribution in [0.25, 0.3) is 0 Å². The summed E-state index contributed by atoms with van der Waals surface area (Å²) >= 11 is 0. The van der Waals surface area contributed by atoms with Crippen molar-refractivity contribution in [2.24, 2.45) is 11.1 Å².